The van der Waals surface area contributed by atoms with Crippen LogP contribution in [0.2, 0.25) is 0 Å². The van der Waals surface area contributed by atoms with E-state index in [-0.39, 0.29) is 5.37 Å². The molecule has 1 aliphatic rings. The van der Waals surface area contributed by atoms with E-state index in [0.29, 0.717) is 5.75 Å². The number of amides is 1. The van der Waals surface area contributed by atoms with Crippen LogP contribution in [0.15, 0.2) is 24.5 Å². The van der Waals surface area contributed by atoms with Gasteiger partial charge in [-0.05, 0) is 26.8 Å². The molecule has 1 amide bonds. The van der Waals surface area contributed by atoms with Gasteiger partial charge in [0, 0.05) is 23.7 Å². The van der Waals surface area contributed by atoms with Crippen LogP contribution in [0.1, 0.15) is 31.7 Å². The quantitative estimate of drug-likeness (QED) is 0.480. The lowest BCUT2D eigenvalue weighted by Crippen LogP contribution is -2.45. The Balaban J connectivity index is 2.34. The number of thioether (sulfide) groups is 1. The number of ether oxygens (including phenoxy) is 1. The average Bonchev–Trinajstić information content (AvgIpc) is 2.91. The maximum absolute atomic E-state index is 12.6. The topological polar surface area (TPSA) is 95.9 Å². The minimum Gasteiger partial charge on any atom is -0.444 e. The highest BCUT2D eigenvalue weighted by Gasteiger charge is 2.44. The van der Waals surface area contributed by atoms with Gasteiger partial charge in [0.2, 0.25) is 0 Å². The number of hydrogen-bond donors (Lipinski definition) is 0. The summed E-state index contributed by atoms with van der Waals surface area (Å²) in [7, 11) is 0. The molecule has 7 nitrogen and oxygen atoms in total. The van der Waals surface area contributed by atoms with E-state index in [1.165, 1.54) is 16.7 Å². The first-order valence-corrected chi connectivity index (χ1v) is 8.12. The lowest BCUT2D eigenvalue weighted by atomic mass is 10.1. The van der Waals surface area contributed by atoms with Crippen molar-refractivity contribution in [3.63, 3.8) is 0 Å². The van der Waals surface area contributed by atoms with E-state index >= 15 is 0 Å². The van der Waals surface area contributed by atoms with Crippen molar-refractivity contribution < 1.29 is 19.1 Å². The Kier molecular flexibility index (Phi) is 5.18. The van der Waals surface area contributed by atoms with Crippen molar-refractivity contribution in [3.05, 3.63) is 35.6 Å². The van der Waals surface area contributed by atoms with Crippen LogP contribution in [0.4, 0.5) is 4.79 Å². The Morgan fingerprint density at radius 2 is 2.26 bits per heavy atom. The van der Waals surface area contributed by atoms with Crippen molar-refractivity contribution in [2.45, 2.75) is 37.8 Å². The molecule has 23 heavy (non-hydrogen) atoms. The minimum absolute atomic E-state index is 0.375. The number of aromatic nitrogens is 1. The van der Waals surface area contributed by atoms with E-state index in [4.69, 9.17) is 10.3 Å². The number of Topliss-reactive ketones (excluding diaryl/α,β-unsaturated/α-hetero) is 1. The van der Waals surface area contributed by atoms with Gasteiger partial charge in [0.15, 0.2) is 0 Å². The Morgan fingerprint density at radius 1 is 1.52 bits per heavy atom. The van der Waals surface area contributed by atoms with Crippen molar-refractivity contribution in [3.8, 4) is 0 Å². The van der Waals surface area contributed by atoms with Gasteiger partial charge in [-0.25, -0.2) is 4.79 Å². The van der Waals surface area contributed by atoms with Crippen LogP contribution >= 0.6 is 11.8 Å². The summed E-state index contributed by atoms with van der Waals surface area (Å²) in [5.41, 5.74) is 8.72. The zero-order valence-electron chi connectivity index (χ0n) is 13.2. The second kappa shape index (κ2) is 6.93. The van der Waals surface area contributed by atoms with Gasteiger partial charge in [0.25, 0.3) is 5.78 Å². The number of carbonyl (C=O) groups excluding carboxylic acids is 2. The normalized spacial score (nSPS) is 20.7. The van der Waals surface area contributed by atoms with Crippen LogP contribution in [0.5, 0.6) is 0 Å². The molecule has 2 heterocycles. The van der Waals surface area contributed by atoms with Gasteiger partial charge >= 0.3 is 12.3 Å². The van der Waals surface area contributed by atoms with Crippen LogP contribution in [-0.4, -0.2) is 50.2 Å². The predicted octanol–water partition coefficient (Wildman–Crippen LogP) is 2.30. The third-order valence-electron chi connectivity index (χ3n) is 3.09. The van der Waals surface area contributed by atoms with Gasteiger partial charge in [-0.15, -0.1) is 11.8 Å². The Bertz CT molecular complexity index is 638. The molecule has 1 aromatic rings. The van der Waals surface area contributed by atoms with E-state index in [1.807, 2.05) is 6.07 Å². The van der Waals surface area contributed by atoms with Crippen LogP contribution in [0, 0.1) is 0 Å². The van der Waals surface area contributed by atoms with Crippen molar-refractivity contribution in [1.82, 2.24) is 9.88 Å². The smallest absolute Gasteiger partial charge is 0.412 e. The maximum Gasteiger partial charge on any atom is 0.412 e. The maximum atomic E-state index is 12.6. The monoisotopic (exact) mass is 334 g/mol. The van der Waals surface area contributed by atoms with Gasteiger partial charge in [0.1, 0.15) is 17.0 Å². The summed E-state index contributed by atoms with van der Waals surface area (Å²) in [5, 5.41) is -0.375. The van der Waals surface area contributed by atoms with Gasteiger partial charge in [-0.3, -0.25) is 14.7 Å². The standard InChI is InChI=1S/C15H18N4O3S/c1-15(2,3)22-14(21)19-11(12(20)8-18-16)9-23-13(19)10-5-4-6-17-7-10/h4-8,11,13H,9H2,1-3H3. The molecule has 2 unspecified atom stereocenters. The molecule has 2 rings (SSSR count). The summed E-state index contributed by atoms with van der Waals surface area (Å²) in [4.78, 5) is 32.9. The van der Waals surface area contributed by atoms with Gasteiger partial charge < -0.3 is 10.3 Å². The molecule has 1 aromatic heterocycles. The number of carbonyl (C=O) groups is 2. The van der Waals surface area contributed by atoms with Crippen molar-refractivity contribution in [1.29, 1.82) is 0 Å². The molecular weight excluding hydrogens is 316 g/mol. The second-order valence-corrected chi connectivity index (χ2v) is 7.14. The Hall–Kier alpha value is -2.18. The molecule has 0 aliphatic carbocycles. The van der Waals surface area contributed by atoms with E-state index in [9.17, 15) is 9.59 Å². The first-order chi connectivity index (χ1) is 10.8. The van der Waals surface area contributed by atoms with Crippen molar-refractivity contribution >= 4 is 29.9 Å². The first kappa shape index (κ1) is 17.2. The summed E-state index contributed by atoms with van der Waals surface area (Å²) >= 11 is 1.44. The number of rotatable bonds is 3. The molecule has 0 spiro atoms. The highest BCUT2D eigenvalue weighted by molar-refractivity contribution is 7.99. The van der Waals surface area contributed by atoms with Crippen LogP contribution < -0.4 is 0 Å². The SMILES string of the molecule is CC(C)(C)OC(=O)N1C(C(=O)C=[N+]=[N-])CSC1c1cccnc1. The molecule has 0 bridgehead atoms. The summed E-state index contributed by atoms with van der Waals surface area (Å²) in [6.45, 7) is 5.29. The summed E-state index contributed by atoms with van der Waals surface area (Å²) in [6, 6.07) is 2.87. The predicted molar refractivity (Wildman–Crippen MR) is 86.0 cm³/mol. The molecule has 0 aromatic carbocycles. The summed E-state index contributed by atoms with van der Waals surface area (Å²) < 4.78 is 5.43. The fourth-order valence-electron chi connectivity index (χ4n) is 2.18. The summed E-state index contributed by atoms with van der Waals surface area (Å²) in [5.74, 6) is -0.0545. The number of nitrogens with zero attached hydrogens (tertiary/aromatic N) is 4. The molecule has 1 aliphatic heterocycles. The van der Waals surface area contributed by atoms with E-state index in [2.05, 4.69) is 9.77 Å². The fraction of sp³-hybridized carbons (Fsp3) is 0.467. The highest BCUT2D eigenvalue weighted by Crippen LogP contribution is 2.41. The third-order valence-corrected chi connectivity index (χ3v) is 4.41. The Labute approximate surface area is 138 Å². The number of pyridine rings is 1. The third kappa shape index (κ3) is 4.18. The molecular formula is C15H18N4O3S. The summed E-state index contributed by atoms with van der Waals surface area (Å²) in [6.07, 6.45) is 3.53. The molecule has 8 heteroatoms. The lowest BCUT2D eigenvalue weighted by molar-refractivity contribution is -0.120. The van der Waals surface area contributed by atoms with Crippen LogP contribution in [-0.2, 0) is 9.53 Å². The zero-order chi connectivity index (χ0) is 17.0. The molecule has 122 valence electrons. The van der Waals surface area contributed by atoms with Gasteiger partial charge in [0.05, 0.1) is 0 Å². The number of ketones is 1. The molecule has 2 atom stereocenters. The van der Waals surface area contributed by atoms with Gasteiger partial charge in [-0.1, -0.05) is 6.07 Å². The Morgan fingerprint density at radius 3 is 2.83 bits per heavy atom. The van der Waals surface area contributed by atoms with E-state index in [0.717, 1.165) is 11.8 Å². The average molecular weight is 334 g/mol. The highest BCUT2D eigenvalue weighted by atomic mass is 32.2. The molecule has 0 N–H and O–H groups in total. The number of hydrogen-bond acceptors (Lipinski definition) is 5. The van der Waals surface area contributed by atoms with Gasteiger partial charge in [-0.2, -0.15) is 4.79 Å². The van der Waals surface area contributed by atoms with E-state index in [1.54, 1.807) is 39.2 Å². The molecule has 0 saturated carbocycles. The second-order valence-electron chi connectivity index (χ2n) is 6.02. The van der Waals surface area contributed by atoms with E-state index < -0.39 is 23.5 Å². The van der Waals surface area contributed by atoms with Crippen LogP contribution in [0.3, 0.4) is 0 Å². The van der Waals surface area contributed by atoms with Crippen LogP contribution in [0.25, 0.3) is 5.53 Å². The molecule has 1 saturated heterocycles. The largest absolute Gasteiger partial charge is 0.444 e. The minimum atomic E-state index is -0.740. The first-order valence-electron chi connectivity index (χ1n) is 7.07. The molecule has 1 fully saturated rings. The van der Waals surface area contributed by atoms with Crippen molar-refractivity contribution in [2.75, 3.05) is 5.75 Å². The fourth-order valence-corrected chi connectivity index (χ4v) is 3.60. The lowest BCUT2D eigenvalue weighted by Gasteiger charge is -2.30. The van der Waals surface area contributed by atoms with Crippen molar-refractivity contribution in [2.24, 2.45) is 0 Å². The molecule has 0 radical (unpaired) electrons. The zero-order valence-corrected chi connectivity index (χ0v) is 14.0.